The lowest BCUT2D eigenvalue weighted by atomic mass is 10.3. The molecule has 0 heterocycles. The Hall–Kier alpha value is -0.970. The summed E-state index contributed by atoms with van der Waals surface area (Å²) in [6, 6.07) is 5.50. The lowest BCUT2D eigenvalue weighted by molar-refractivity contribution is 0.340. The van der Waals surface area contributed by atoms with E-state index in [1.807, 2.05) is 19.1 Å². The Balaban J connectivity index is 2.68. The predicted molar refractivity (Wildman–Crippen MR) is 58.4 cm³/mol. The summed E-state index contributed by atoms with van der Waals surface area (Å²) in [5, 5.41) is 3.62. The molecular formula is C9H14ClN3O. The van der Waals surface area contributed by atoms with Crippen molar-refractivity contribution in [3.63, 3.8) is 0 Å². The molecule has 0 atom stereocenters. The molecule has 0 saturated carbocycles. The van der Waals surface area contributed by atoms with E-state index in [-0.39, 0.29) is 0 Å². The van der Waals surface area contributed by atoms with Crippen molar-refractivity contribution in [3.05, 3.63) is 23.2 Å². The van der Waals surface area contributed by atoms with Crippen LogP contribution in [0, 0.1) is 0 Å². The average molecular weight is 216 g/mol. The van der Waals surface area contributed by atoms with Crippen molar-refractivity contribution in [2.24, 2.45) is 5.84 Å². The van der Waals surface area contributed by atoms with Gasteiger partial charge in [-0.05, 0) is 25.1 Å². The van der Waals surface area contributed by atoms with Crippen molar-refractivity contribution in [1.29, 1.82) is 0 Å². The minimum Gasteiger partial charge on any atom is -0.492 e. The number of rotatable bonds is 5. The van der Waals surface area contributed by atoms with E-state index >= 15 is 0 Å². The Morgan fingerprint density at radius 2 is 2.29 bits per heavy atom. The smallest absolute Gasteiger partial charge is 0.138 e. The molecule has 78 valence electrons. The molecule has 0 spiro atoms. The largest absolute Gasteiger partial charge is 0.492 e. The second kappa shape index (κ2) is 5.70. The maximum Gasteiger partial charge on any atom is 0.138 e. The molecule has 0 aliphatic carbocycles. The number of hydrogen-bond donors (Lipinski definition) is 3. The third-order valence-corrected chi connectivity index (χ3v) is 1.92. The van der Waals surface area contributed by atoms with Crippen LogP contribution >= 0.6 is 11.6 Å². The molecule has 1 rings (SSSR count). The molecule has 0 bridgehead atoms. The molecule has 0 aliphatic heterocycles. The fourth-order valence-corrected chi connectivity index (χ4v) is 1.27. The number of anilines is 1. The van der Waals surface area contributed by atoms with Gasteiger partial charge in [-0.3, -0.25) is 5.84 Å². The fraction of sp³-hybridized carbons (Fsp3) is 0.333. The second-order valence-corrected chi connectivity index (χ2v) is 3.04. The zero-order valence-electron chi connectivity index (χ0n) is 8.01. The van der Waals surface area contributed by atoms with Crippen molar-refractivity contribution in [2.45, 2.75) is 6.92 Å². The maximum absolute atomic E-state index is 5.97. The van der Waals surface area contributed by atoms with E-state index in [4.69, 9.17) is 22.2 Å². The van der Waals surface area contributed by atoms with Crippen molar-refractivity contribution < 1.29 is 4.74 Å². The van der Waals surface area contributed by atoms with Gasteiger partial charge in [0.2, 0.25) is 0 Å². The van der Waals surface area contributed by atoms with Gasteiger partial charge in [0, 0.05) is 5.69 Å². The third kappa shape index (κ3) is 3.06. The van der Waals surface area contributed by atoms with E-state index in [0.717, 1.165) is 5.69 Å². The van der Waals surface area contributed by atoms with E-state index < -0.39 is 0 Å². The van der Waals surface area contributed by atoms with Gasteiger partial charge in [-0.2, -0.15) is 0 Å². The third-order valence-electron chi connectivity index (χ3n) is 1.63. The molecule has 0 fully saturated rings. The van der Waals surface area contributed by atoms with Gasteiger partial charge < -0.3 is 10.1 Å². The standard InChI is InChI=1S/C9H14ClN3O/c1-2-14-9-4-3-7(5-8(9)10)12-6-13-11/h3-5,12-13H,2,6,11H2,1H3. The summed E-state index contributed by atoms with van der Waals surface area (Å²) in [4.78, 5) is 0. The topological polar surface area (TPSA) is 59.3 Å². The van der Waals surface area contributed by atoms with Crippen molar-refractivity contribution in [1.82, 2.24) is 5.43 Å². The first kappa shape index (κ1) is 11.1. The van der Waals surface area contributed by atoms with Crippen LogP contribution in [0.5, 0.6) is 5.75 Å². The van der Waals surface area contributed by atoms with Crippen LogP contribution in [0.1, 0.15) is 6.92 Å². The molecule has 0 amide bonds. The first-order valence-corrected chi connectivity index (χ1v) is 4.75. The molecule has 4 N–H and O–H groups in total. The highest BCUT2D eigenvalue weighted by Gasteiger charge is 2.01. The van der Waals surface area contributed by atoms with Gasteiger partial charge in [0.05, 0.1) is 18.3 Å². The highest BCUT2D eigenvalue weighted by molar-refractivity contribution is 6.32. The zero-order chi connectivity index (χ0) is 10.4. The van der Waals surface area contributed by atoms with Crippen LogP contribution in [0.4, 0.5) is 5.69 Å². The number of nitrogens with one attached hydrogen (secondary N) is 2. The Kier molecular flexibility index (Phi) is 4.52. The molecule has 0 aromatic heterocycles. The highest BCUT2D eigenvalue weighted by atomic mass is 35.5. The van der Waals surface area contributed by atoms with Crippen LogP contribution < -0.4 is 21.3 Å². The Bertz CT molecular complexity index is 293. The van der Waals surface area contributed by atoms with Crippen LogP contribution in [0.15, 0.2) is 18.2 Å². The summed E-state index contributed by atoms with van der Waals surface area (Å²) in [6.45, 7) is 3.02. The maximum atomic E-state index is 5.97. The number of ether oxygens (including phenoxy) is 1. The SMILES string of the molecule is CCOc1ccc(NCNN)cc1Cl. The second-order valence-electron chi connectivity index (χ2n) is 2.64. The summed E-state index contributed by atoms with van der Waals surface area (Å²) in [5.74, 6) is 5.82. The molecule has 1 aromatic carbocycles. The van der Waals surface area contributed by atoms with E-state index in [1.54, 1.807) is 6.07 Å². The van der Waals surface area contributed by atoms with E-state index in [9.17, 15) is 0 Å². The van der Waals surface area contributed by atoms with Crippen LogP contribution in [0.3, 0.4) is 0 Å². The van der Waals surface area contributed by atoms with Gasteiger partial charge >= 0.3 is 0 Å². The monoisotopic (exact) mass is 215 g/mol. The lowest BCUT2D eigenvalue weighted by Gasteiger charge is -2.09. The minimum absolute atomic E-state index is 0.490. The molecule has 0 unspecified atom stereocenters. The number of hydrogen-bond acceptors (Lipinski definition) is 4. The van der Waals surface area contributed by atoms with Crippen LogP contribution in [0.25, 0.3) is 0 Å². The van der Waals surface area contributed by atoms with E-state index in [1.165, 1.54) is 0 Å². The molecule has 14 heavy (non-hydrogen) atoms. The quantitative estimate of drug-likeness (QED) is 0.397. The highest BCUT2D eigenvalue weighted by Crippen LogP contribution is 2.27. The number of hydrazine groups is 1. The summed E-state index contributed by atoms with van der Waals surface area (Å²) in [7, 11) is 0. The number of nitrogens with two attached hydrogens (primary N) is 1. The van der Waals surface area contributed by atoms with Gasteiger partial charge in [-0.25, -0.2) is 5.43 Å². The molecule has 0 aliphatic rings. The Labute approximate surface area is 88.4 Å². The number of halogens is 1. The average Bonchev–Trinajstić information content (AvgIpc) is 2.19. The molecule has 0 radical (unpaired) electrons. The van der Waals surface area contributed by atoms with Gasteiger partial charge in [-0.1, -0.05) is 11.6 Å². The van der Waals surface area contributed by atoms with Crippen molar-refractivity contribution >= 4 is 17.3 Å². The van der Waals surface area contributed by atoms with Crippen molar-refractivity contribution in [3.8, 4) is 5.75 Å². The van der Waals surface area contributed by atoms with Crippen LogP contribution in [-0.2, 0) is 0 Å². The fourth-order valence-electron chi connectivity index (χ4n) is 1.04. The van der Waals surface area contributed by atoms with E-state index in [2.05, 4.69) is 10.7 Å². The molecule has 1 aromatic rings. The summed E-state index contributed by atoms with van der Waals surface area (Å²) >= 11 is 5.97. The molecule has 0 saturated heterocycles. The lowest BCUT2D eigenvalue weighted by Crippen LogP contribution is -2.28. The number of benzene rings is 1. The first-order chi connectivity index (χ1) is 6.77. The Morgan fingerprint density at radius 3 is 2.86 bits per heavy atom. The summed E-state index contributed by atoms with van der Waals surface area (Å²) in [6.07, 6.45) is 0. The van der Waals surface area contributed by atoms with Gasteiger partial charge in [0.1, 0.15) is 5.75 Å². The Morgan fingerprint density at radius 1 is 1.50 bits per heavy atom. The molecule has 4 nitrogen and oxygen atoms in total. The van der Waals surface area contributed by atoms with Crippen LogP contribution in [-0.4, -0.2) is 13.3 Å². The summed E-state index contributed by atoms with van der Waals surface area (Å²) in [5.41, 5.74) is 3.39. The van der Waals surface area contributed by atoms with Gasteiger partial charge in [0.15, 0.2) is 0 Å². The van der Waals surface area contributed by atoms with Crippen molar-refractivity contribution in [2.75, 3.05) is 18.6 Å². The molecular weight excluding hydrogens is 202 g/mol. The first-order valence-electron chi connectivity index (χ1n) is 4.37. The predicted octanol–water partition coefficient (Wildman–Crippen LogP) is 1.57. The summed E-state index contributed by atoms with van der Waals surface area (Å²) < 4.78 is 5.30. The van der Waals surface area contributed by atoms with Crippen LogP contribution in [0.2, 0.25) is 5.02 Å². The van der Waals surface area contributed by atoms with E-state index in [0.29, 0.717) is 24.0 Å². The van der Waals surface area contributed by atoms with Gasteiger partial charge in [-0.15, -0.1) is 0 Å². The normalized spacial score (nSPS) is 9.93. The molecule has 5 heteroatoms. The van der Waals surface area contributed by atoms with Gasteiger partial charge in [0.25, 0.3) is 0 Å². The zero-order valence-corrected chi connectivity index (χ0v) is 8.77. The minimum atomic E-state index is 0.490.